The van der Waals surface area contributed by atoms with Crippen molar-refractivity contribution in [2.45, 2.75) is 25.7 Å². The first-order valence-corrected chi connectivity index (χ1v) is 9.78. The number of piperidine rings is 1. The highest BCUT2D eigenvalue weighted by molar-refractivity contribution is 6.35. The molecule has 1 aliphatic rings. The van der Waals surface area contributed by atoms with Gasteiger partial charge in [0.05, 0.1) is 0 Å². The van der Waals surface area contributed by atoms with Crippen molar-refractivity contribution < 1.29 is 4.79 Å². The van der Waals surface area contributed by atoms with Crippen molar-refractivity contribution in [1.29, 1.82) is 0 Å². The number of halogens is 2. The Morgan fingerprint density at radius 2 is 1.96 bits per heavy atom. The summed E-state index contributed by atoms with van der Waals surface area (Å²) < 4.78 is 0. The first-order valence-electron chi connectivity index (χ1n) is 9.02. The van der Waals surface area contributed by atoms with Crippen molar-refractivity contribution in [2.24, 2.45) is 0 Å². The average molecular weight is 410 g/mol. The first-order chi connectivity index (χ1) is 13.1. The number of carbonyl (C=O) groups excluding carboxylic acids is 1. The SMILES string of the molecule is CNC(=O)NCCc1ccc(Cl)cc1Cl.c1cnnc(N2CCCCC2)c1. The topological polar surface area (TPSA) is 70.1 Å². The summed E-state index contributed by atoms with van der Waals surface area (Å²) in [5, 5.41) is 14.3. The van der Waals surface area contributed by atoms with Crippen molar-refractivity contribution in [3.63, 3.8) is 0 Å². The molecule has 27 heavy (non-hydrogen) atoms. The Balaban J connectivity index is 0.000000198. The van der Waals surface area contributed by atoms with Gasteiger partial charge in [-0.15, -0.1) is 5.10 Å². The second-order valence-electron chi connectivity index (χ2n) is 6.12. The number of urea groups is 1. The minimum Gasteiger partial charge on any atom is -0.355 e. The van der Waals surface area contributed by atoms with Gasteiger partial charge in [0.15, 0.2) is 5.82 Å². The van der Waals surface area contributed by atoms with Crippen LogP contribution in [0.1, 0.15) is 24.8 Å². The maximum absolute atomic E-state index is 10.9. The minimum absolute atomic E-state index is 0.194. The van der Waals surface area contributed by atoms with E-state index in [-0.39, 0.29) is 6.03 Å². The molecule has 3 rings (SSSR count). The number of amides is 2. The van der Waals surface area contributed by atoms with E-state index in [1.165, 1.54) is 19.3 Å². The van der Waals surface area contributed by atoms with Crippen molar-refractivity contribution in [1.82, 2.24) is 20.8 Å². The maximum atomic E-state index is 10.9. The van der Waals surface area contributed by atoms with E-state index in [9.17, 15) is 4.79 Å². The van der Waals surface area contributed by atoms with Gasteiger partial charge in [0.2, 0.25) is 0 Å². The minimum atomic E-state index is -0.194. The lowest BCUT2D eigenvalue weighted by molar-refractivity contribution is 0.243. The summed E-state index contributed by atoms with van der Waals surface area (Å²) >= 11 is 11.7. The first kappa shape index (κ1) is 21.3. The number of hydrogen-bond donors (Lipinski definition) is 2. The molecular formula is C19H25Cl2N5O. The molecule has 6 nitrogen and oxygen atoms in total. The van der Waals surface area contributed by atoms with E-state index in [1.807, 2.05) is 18.2 Å². The third-order valence-electron chi connectivity index (χ3n) is 4.16. The molecule has 0 unspecified atom stereocenters. The molecule has 1 fully saturated rings. The maximum Gasteiger partial charge on any atom is 0.314 e. The number of hydrogen-bond acceptors (Lipinski definition) is 4. The van der Waals surface area contributed by atoms with Gasteiger partial charge in [-0.05, 0) is 55.5 Å². The van der Waals surface area contributed by atoms with Gasteiger partial charge in [-0.1, -0.05) is 29.3 Å². The Labute approximate surface area is 170 Å². The number of aromatic nitrogens is 2. The molecule has 0 saturated carbocycles. The number of anilines is 1. The van der Waals surface area contributed by atoms with E-state index < -0.39 is 0 Å². The molecule has 1 saturated heterocycles. The Morgan fingerprint density at radius 1 is 1.19 bits per heavy atom. The number of rotatable bonds is 4. The van der Waals surface area contributed by atoms with Crippen molar-refractivity contribution >= 4 is 35.1 Å². The fourth-order valence-electron chi connectivity index (χ4n) is 2.71. The summed E-state index contributed by atoms with van der Waals surface area (Å²) in [7, 11) is 1.57. The summed E-state index contributed by atoms with van der Waals surface area (Å²) in [6, 6.07) is 9.10. The molecule has 8 heteroatoms. The zero-order valence-electron chi connectivity index (χ0n) is 15.4. The van der Waals surface area contributed by atoms with Gasteiger partial charge in [0.25, 0.3) is 0 Å². The van der Waals surface area contributed by atoms with E-state index in [1.54, 1.807) is 25.4 Å². The van der Waals surface area contributed by atoms with E-state index >= 15 is 0 Å². The van der Waals surface area contributed by atoms with Gasteiger partial charge < -0.3 is 15.5 Å². The molecule has 0 atom stereocenters. The second-order valence-corrected chi connectivity index (χ2v) is 6.96. The summed E-state index contributed by atoms with van der Waals surface area (Å²) in [5.41, 5.74) is 0.970. The highest BCUT2D eigenvalue weighted by Crippen LogP contribution is 2.21. The fourth-order valence-corrected chi connectivity index (χ4v) is 3.21. The van der Waals surface area contributed by atoms with Gasteiger partial charge in [0, 0.05) is 42.9 Å². The zero-order chi connectivity index (χ0) is 19.5. The second kappa shape index (κ2) is 11.6. The van der Waals surface area contributed by atoms with E-state index in [0.717, 1.165) is 24.5 Å². The lowest BCUT2D eigenvalue weighted by Crippen LogP contribution is -2.34. The molecule has 0 aliphatic carbocycles. The predicted octanol–water partition coefficient (Wildman–Crippen LogP) is 3.93. The zero-order valence-corrected chi connectivity index (χ0v) is 16.9. The highest BCUT2D eigenvalue weighted by Gasteiger charge is 2.11. The molecule has 2 amide bonds. The van der Waals surface area contributed by atoms with Crippen LogP contribution in [0.3, 0.4) is 0 Å². The average Bonchev–Trinajstić information content (AvgIpc) is 2.71. The van der Waals surface area contributed by atoms with Gasteiger partial charge in [-0.25, -0.2) is 4.79 Å². The summed E-state index contributed by atoms with van der Waals surface area (Å²) in [5.74, 6) is 1.03. The number of nitrogens with zero attached hydrogens (tertiary/aromatic N) is 3. The molecule has 146 valence electrons. The van der Waals surface area contributed by atoms with E-state index in [2.05, 4.69) is 25.7 Å². The third-order valence-corrected chi connectivity index (χ3v) is 4.75. The number of carbonyl (C=O) groups is 1. The molecule has 2 N–H and O–H groups in total. The molecule has 1 aromatic carbocycles. The molecule has 2 heterocycles. The standard InChI is InChI=1S/C10H12Cl2N2O.C9H13N3/c1-13-10(15)14-5-4-7-2-3-8(11)6-9(7)12;1-2-7-12(8-3-1)9-5-4-6-10-11-9/h2-3,6H,4-5H2,1H3,(H2,13,14,15);4-6H,1-3,7-8H2. The molecule has 0 radical (unpaired) electrons. The quantitative estimate of drug-likeness (QED) is 0.802. The van der Waals surface area contributed by atoms with Crippen LogP contribution in [-0.4, -0.2) is 42.9 Å². The van der Waals surface area contributed by atoms with Crippen molar-refractivity contribution in [2.75, 3.05) is 31.6 Å². The Bertz CT molecular complexity index is 709. The van der Waals surface area contributed by atoms with E-state index in [0.29, 0.717) is 23.0 Å². The van der Waals surface area contributed by atoms with Crippen LogP contribution in [0.4, 0.5) is 10.6 Å². The summed E-state index contributed by atoms with van der Waals surface area (Å²) in [6.07, 6.45) is 6.33. The fraction of sp³-hybridized carbons (Fsp3) is 0.421. The number of nitrogens with one attached hydrogen (secondary N) is 2. The van der Waals surface area contributed by atoms with Crippen LogP contribution in [-0.2, 0) is 6.42 Å². The lowest BCUT2D eigenvalue weighted by atomic mass is 10.1. The van der Waals surface area contributed by atoms with Gasteiger partial charge >= 0.3 is 6.03 Å². The Morgan fingerprint density at radius 3 is 2.59 bits per heavy atom. The van der Waals surface area contributed by atoms with Crippen molar-refractivity contribution in [3.05, 3.63) is 52.1 Å². The summed E-state index contributed by atoms with van der Waals surface area (Å²) in [6.45, 7) is 2.82. The Hall–Kier alpha value is -2.05. The predicted molar refractivity (Wildman–Crippen MR) is 111 cm³/mol. The molecule has 1 aromatic heterocycles. The lowest BCUT2D eigenvalue weighted by Gasteiger charge is -2.26. The largest absolute Gasteiger partial charge is 0.355 e. The smallest absolute Gasteiger partial charge is 0.314 e. The summed E-state index contributed by atoms with van der Waals surface area (Å²) in [4.78, 5) is 13.2. The van der Waals surface area contributed by atoms with E-state index in [4.69, 9.17) is 23.2 Å². The van der Waals surface area contributed by atoms with Crippen LogP contribution in [0.2, 0.25) is 10.0 Å². The van der Waals surface area contributed by atoms with Gasteiger partial charge in [-0.2, -0.15) is 5.10 Å². The van der Waals surface area contributed by atoms with Gasteiger partial charge in [0.1, 0.15) is 0 Å². The molecule has 2 aromatic rings. The molecule has 0 spiro atoms. The van der Waals surface area contributed by atoms with Crippen LogP contribution in [0.5, 0.6) is 0 Å². The van der Waals surface area contributed by atoms with Crippen LogP contribution in [0.15, 0.2) is 36.5 Å². The highest BCUT2D eigenvalue weighted by atomic mass is 35.5. The normalized spacial score (nSPS) is 13.4. The monoisotopic (exact) mass is 409 g/mol. The van der Waals surface area contributed by atoms with Crippen molar-refractivity contribution in [3.8, 4) is 0 Å². The Kier molecular flexibility index (Phi) is 9.15. The number of benzene rings is 1. The van der Waals surface area contributed by atoms with Gasteiger partial charge in [-0.3, -0.25) is 0 Å². The van der Waals surface area contributed by atoms with Crippen LogP contribution >= 0.6 is 23.2 Å². The van der Waals surface area contributed by atoms with Crippen LogP contribution < -0.4 is 15.5 Å². The molecule has 0 bridgehead atoms. The molecule has 1 aliphatic heterocycles. The van der Waals surface area contributed by atoms with Crippen LogP contribution in [0.25, 0.3) is 0 Å². The third kappa shape index (κ3) is 7.61. The molecular weight excluding hydrogens is 385 g/mol. The van der Waals surface area contributed by atoms with Crippen LogP contribution in [0, 0.1) is 0 Å².